The van der Waals surface area contributed by atoms with E-state index < -0.39 is 0 Å². The van der Waals surface area contributed by atoms with Crippen LogP contribution in [0.3, 0.4) is 0 Å². The Bertz CT molecular complexity index is 577. The van der Waals surface area contributed by atoms with E-state index in [0.29, 0.717) is 6.54 Å². The standard InChI is InChI=1S/C12H16N4O2/c1-8-10-4-9(5-13-7-11(17)18-3)6-14-12(10)16(2)15-8/h4,6,13H,5,7H2,1-3H3. The van der Waals surface area contributed by atoms with Crippen molar-refractivity contribution in [3.8, 4) is 0 Å². The fourth-order valence-electron chi connectivity index (χ4n) is 1.83. The topological polar surface area (TPSA) is 69.0 Å². The molecule has 0 bridgehead atoms. The van der Waals surface area contributed by atoms with Gasteiger partial charge in [-0.2, -0.15) is 5.10 Å². The van der Waals surface area contributed by atoms with E-state index in [9.17, 15) is 4.79 Å². The molecule has 2 aromatic heterocycles. The Kier molecular flexibility index (Phi) is 3.57. The molecule has 0 spiro atoms. The predicted octanol–water partition coefficient (Wildman–Crippen LogP) is 0.539. The highest BCUT2D eigenvalue weighted by Crippen LogP contribution is 2.16. The van der Waals surface area contributed by atoms with Crippen LogP contribution < -0.4 is 5.32 Å². The molecule has 0 saturated heterocycles. The smallest absolute Gasteiger partial charge is 0.319 e. The highest BCUT2D eigenvalue weighted by molar-refractivity contribution is 5.78. The van der Waals surface area contributed by atoms with Gasteiger partial charge in [-0.15, -0.1) is 0 Å². The van der Waals surface area contributed by atoms with Crippen LogP contribution in [-0.4, -0.2) is 34.4 Å². The van der Waals surface area contributed by atoms with E-state index in [1.807, 2.05) is 20.0 Å². The van der Waals surface area contributed by atoms with Crippen molar-refractivity contribution in [3.63, 3.8) is 0 Å². The minimum Gasteiger partial charge on any atom is -0.468 e. The number of pyridine rings is 1. The quantitative estimate of drug-likeness (QED) is 0.800. The number of ether oxygens (including phenoxy) is 1. The molecule has 2 rings (SSSR count). The Morgan fingerprint density at radius 1 is 1.56 bits per heavy atom. The lowest BCUT2D eigenvalue weighted by atomic mass is 10.2. The zero-order valence-corrected chi connectivity index (χ0v) is 10.7. The number of fused-ring (bicyclic) bond motifs is 1. The average molecular weight is 248 g/mol. The van der Waals surface area contributed by atoms with E-state index in [1.165, 1.54) is 7.11 Å². The first-order valence-corrected chi connectivity index (χ1v) is 5.67. The Labute approximate surface area is 105 Å². The van der Waals surface area contributed by atoms with Gasteiger partial charge in [-0.1, -0.05) is 0 Å². The molecule has 0 atom stereocenters. The normalized spacial score (nSPS) is 10.8. The van der Waals surface area contributed by atoms with Gasteiger partial charge in [0.05, 0.1) is 19.3 Å². The highest BCUT2D eigenvalue weighted by atomic mass is 16.5. The molecule has 2 aromatic rings. The van der Waals surface area contributed by atoms with Gasteiger partial charge in [-0.05, 0) is 18.6 Å². The predicted molar refractivity (Wildman–Crippen MR) is 67.0 cm³/mol. The number of esters is 1. The van der Waals surface area contributed by atoms with Crippen molar-refractivity contribution in [3.05, 3.63) is 23.5 Å². The summed E-state index contributed by atoms with van der Waals surface area (Å²) >= 11 is 0. The van der Waals surface area contributed by atoms with Gasteiger partial charge in [0.25, 0.3) is 0 Å². The number of carbonyl (C=O) groups excluding carboxylic acids is 1. The SMILES string of the molecule is COC(=O)CNCc1cnc2c(c1)c(C)nn2C. The number of carbonyl (C=O) groups is 1. The van der Waals surface area contributed by atoms with Crippen LogP contribution in [0.4, 0.5) is 0 Å². The summed E-state index contributed by atoms with van der Waals surface area (Å²) < 4.78 is 6.31. The van der Waals surface area contributed by atoms with Crippen molar-refractivity contribution < 1.29 is 9.53 Å². The van der Waals surface area contributed by atoms with Crippen LogP contribution in [0.25, 0.3) is 11.0 Å². The van der Waals surface area contributed by atoms with Crippen molar-refractivity contribution in [2.75, 3.05) is 13.7 Å². The van der Waals surface area contributed by atoms with E-state index in [2.05, 4.69) is 20.1 Å². The summed E-state index contributed by atoms with van der Waals surface area (Å²) in [6.07, 6.45) is 1.79. The first-order chi connectivity index (χ1) is 8.61. The highest BCUT2D eigenvalue weighted by Gasteiger charge is 2.07. The molecule has 18 heavy (non-hydrogen) atoms. The average Bonchev–Trinajstić information content (AvgIpc) is 2.64. The maximum absolute atomic E-state index is 11.0. The molecule has 96 valence electrons. The number of hydrogen-bond acceptors (Lipinski definition) is 5. The summed E-state index contributed by atoms with van der Waals surface area (Å²) in [5.41, 5.74) is 2.83. The van der Waals surface area contributed by atoms with Gasteiger partial charge in [0.1, 0.15) is 0 Å². The zero-order chi connectivity index (χ0) is 13.1. The Morgan fingerprint density at radius 3 is 3.06 bits per heavy atom. The number of rotatable bonds is 4. The van der Waals surface area contributed by atoms with Crippen molar-refractivity contribution in [2.24, 2.45) is 7.05 Å². The molecule has 0 aliphatic rings. The van der Waals surface area contributed by atoms with Crippen LogP contribution in [-0.2, 0) is 23.1 Å². The second-order valence-electron chi connectivity index (χ2n) is 4.10. The summed E-state index contributed by atoms with van der Waals surface area (Å²) in [7, 11) is 3.24. The van der Waals surface area contributed by atoms with Gasteiger partial charge in [-0.3, -0.25) is 9.48 Å². The summed E-state index contributed by atoms with van der Waals surface area (Å²) in [5.74, 6) is -0.276. The fourth-order valence-corrected chi connectivity index (χ4v) is 1.83. The monoisotopic (exact) mass is 248 g/mol. The van der Waals surface area contributed by atoms with E-state index >= 15 is 0 Å². The van der Waals surface area contributed by atoms with Crippen LogP contribution >= 0.6 is 0 Å². The molecule has 2 heterocycles. The molecule has 6 heteroatoms. The summed E-state index contributed by atoms with van der Waals surface area (Å²) in [6, 6.07) is 2.04. The number of aromatic nitrogens is 3. The molecule has 0 fully saturated rings. The largest absolute Gasteiger partial charge is 0.468 e. The van der Waals surface area contributed by atoms with Crippen LogP contribution in [0.5, 0.6) is 0 Å². The van der Waals surface area contributed by atoms with Crippen molar-refractivity contribution in [1.82, 2.24) is 20.1 Å². The van der Waals surface area contributed by atoms with Gasteiger partial charge < -0.3 is 10.1 Å². The lowest BCUT2D eigenvalue weighted by molar-refractivity contribution is -0.139. The van der Waals surface area contributed by atoms with Crippen molar-refractivity contribution in [2.45, 2.75) is 13.5 Å². The zero-order valence-electron chi connectivity index (χ0n) is 10.7. The first kappa shape index (κ1) is 12.5. The lowest BCUT2D eigenvalue weighted by Gasteiger charge is -2.03. The molecule has 0 aromatic carbocycles. The van der Waals surface area contributed by atoms with Gasteiger partial charge >= 0.3 is 5.97 Å². The summed E-state index contributed by atoms with van der Waals surface area (Å²) in [6.45, 7) is 2.72. The Morgan fingerprint density at radius 2 is 2.33 bits per heavy atom. The van der Waals surface area contributed by atoms with E-state index in [4.69, 9.17) is 0 Å². The molecule has 6 nitrogen and oxygen atoms in total. The second kappa shape index (κ2) is 5.14. The second-order valence-corrected chi connectivity index (χ2v) is 4.10. The van der Waals surface area contributed by atoms with Crippen LogP contribution in [0, 0.1) is 6.92 Å². The molecular weight excluding hydrogens is 232 g/mol. The van der Waals surface area contributed by atoms with Gasteiger partial charge in [0, 0.05) is 25.2 Å². The third-order valence-corrected chi connectivity index (χ3v) is 2.75. The van der Waals surface area contributed by atoms with E-state index in [0.717, 1.165) is 22.3 Å². The summed E-state index contributed by atoms with van der Waals surface area (Å²) in [4.78, 5) is 15.3. The number of nitrogens with zero attached hydrogens (tertiary/aromatic N) is 3. The third-order valence-electron chi connectivity index (χ3n) is 2.75. The Balaban J connectivity index is 2.10. The molecule has 0 aliphatic heterocycles. The first-order valence-electron chi connectivity index (χ1n) is 5.67. The van der Waals surface area contributed by atoms with Crippen molar-refractivity contribution in [1.29, 1.82) is 0 Å². The molecule has 0 unspecified atom stereocenters. The molecule has 0 amide bonds. The molecule has 0 saturated carbocycles. The molecule has 0 aliphatic carbocycles. The fraction of sp³-hybridized carbons (Fsp3) is 0.417. The molecule has 0 radical (unpaired) electrons. The maximum atomic E-state index is 11.0. The summed E-state index contributed by atoms with van der Waals surface area (Å²) in [5, 5.41) is 8.35. The maximum Gasteiger partial charge on any atom is 0.319 e. The number of methoxy groups -OCH3 is 1. The minimum absolute atomic E-state index is 0.195. The number of aryl methyl sites for hydroxylation is 2. The third kappa shape index (κ3) is 2.48. The number of hydrogen-bond donors (Lipinski definition) is 1. The van der Waals surface area contributed by atoms with Crippen LogP contribution in [0.1, 0.15) is 11.3 Å². The minimum atomic E-state index is -0.276. The Hall–Kier alpha value is -1.95. The van der Waals surface area contributed by atoms with Gasteiger partial charge in [0.15, 0.2) is 5.65 Å². The van der Waals surface area contributed by atoms with Gasteiger partial charge in [0.2, 0.25) is 0 Å². The van der Waals surface area contributed by atoms with Crippen LogP contribution in [0.15, 0.2) is 12.3 Å². The van der Waals surface area contributed by atoms with Crippen LogP contribution in [0.2, 0.25) is 0 Å². The molecule has 1 N–H and O–H groups in total. The van der Waals surface area contributed by atoms with Gasteiger partial charge in [-0.25, -0.2) is 4.98 Å². The lowest BCUT2D eigenvalue weighted by Crippen LogP contribution is -2.23. The number of nitrogens with one attached hydrogen (secondary N) is 1. The van der Waals surface area contributed by atoms with E-state index in [1.54, 1.807) is 10.9 Å². The van der Waals surface area contributed by atoms with Crippen molar-refractivity contribution >= 4 is 17.0 Å². The molecular formula is C12H16N4O2. The van der Waals surface area contributed by atoms with E-state index in [-0.39, 0.29) is 12.5 Å².